The summed E-state index contributed by atoms with van der Waals surface area (Å²) in [6.07, 6.45) is -3.88. The first kappa shape index (κ1) is 25.2. The zero-order chi connectivity index (χ0) is 24.8. The Morgan fingerprint density at radius 3 is 2.18 bits per heavy atom. The van der Waals surface area contributed by atoms with E-state index < -0.39 is 35.9 Å². The molecular weight excluding hydrogens is 437 g/mol. The summed E-state index contributed by atoms with van der Waals surface area (Å²) in [6.45, 7) is 7.43. The fraction of sp³-hybridized carbons (Fsp3) is 0.583. The lowest BCUT2D eigenvalue weighted by Crippen LogP contribution is -2.51. The lowest BCUT2D eigenvalue weighted by atomic mass is 9.78. The van der Waals surface area contributed by atoms with E-state index in [4.69, 9.17) is 15.2 Å². The monoisotopic (exact) mass is 468 g/mol. The summed E-state index contributed by atoms with van der Waals surface area (Å²) in [7, 11) is 0. The molecule has 0 radical (unpaired) electrons. The van der Waals surface area contributed by atoms with Gasteiger partial charge in [-0.1, -0.05) is 17.7 Å². The molecule has 1 fully saturated rings. The van der Waals surface area contributed by atoms with Crippen molar-refractivity contribution in [2.45, 2.75) is 83.7 Å². The van der Waals surface area contributed by atoms with Crippen LogP contribution in [0.1, 0.15) is 61.8 Å². The van der Waals surface area contributed by atoms with Gasteiger partial charge in [-0.15, -0.1) is 0 Å². The molecule has 1 aromatic rings. The molecule has 182 valence electrons. The van der Waals surface area contributed by atoms with E-state index in [1.165, 1.54) is 13.8 Å². The molecule has 1 amide bonds. The van der Waals surface area contributed by atoms with Gasteiger partial charge >= 0.3 is 12.1 Å². The smallest absolute Gasteiger partial charge is 0.411 e. The van der Waals surface area contributed by atoms with Crippen LogP contribution in [0.5, 0.6) is 0 Å². The fourth-order valence-electron chi connectivity index (χ4n) is 4.67. The number of hydrogen-bond acceptors (Lipinski definition) is 5. The van der Waals surface area contributed by atoms with Gasteiger partial charge in [-0.25, -0.2) is 4.79 Å². The Labute approximate surface area is 191 Å². The van der Waals surface area contributed by atoms with Crippen molar-refractivity contribution in [3.05, 3.63) is 40.1 Å². The fourth-order valence-corrected chi connectivity index (χ4v) is 4.67. The molecule has 6 nitrogen and oxygen atoms in total. The minimum absolute atomic E-state index is 0.195. The number of halogens is 3. The van der Waals surface area contributed by atoms with Crippen LogP contribution >= 0.6 is 0 Å². The predicted molar refractivity (Wildman–Crippen MR) is 117 cm³/mol. The summed E-state index contributed by atoms with van der Waals surface area (Å²) in [4.78, 5) is 26.0. The Kier molecular flexibility index (Phi) is 6.70. The maximum atomic E-state index is 13.2. The summed E-state index contributed by atoms with van der Waals surface area (Å²) in [5.74, 6) is -0.874. The average Bonchev–Trinajstić information content (AvgIpc) is 2.91. The number of nitrogens with two attached hydrogens (primary N) is 1. The van der Waals surface area contributed by atoms with Crippen LogP contribution in [0.4, 0.5) is 13.2 Å². The normalized spacial score (nSPS) is 23.8. The van der Waals surface area contributed by atoms with Gasteiger partial charge in [0.25, 0.3) is 5.91 Å². The van der Waals surface area contributed by atoms with E-state index in [0.717, 1.165) is 16.7 Å². The zero-order valence-electron chi connectivity index (χ0n) is 19.6. The lowest BCUT2D eigenvalue weighted by Gasteiger charge is -2.38. The van der Waals surface area contributed by atoms with Crippen molar-refractivity contribution in [1.29, 1.82) is 0 Å². The quantitative estimate of drug-likeness (QED) is 0.638. The average molecular weight is 469 g/mol. The van der Waals surface area contributed by atoms with Crippen molar-refractivity contribution in [3.8, 4) is 0 Å². The third-order valence-electron chi connectivity index (χ3n) is 6.16. The van der Waals surface area contributed by atoms with Crippen molar-refractivity contribution in [1.82, 2.24) is 5.32 Å². The van der Waals surface area contributed by atoms with Crippen molar-refractivity contribution in [3.63, 3.8) is 0 Å². The molecule has 33 heavy (non-hydrogen) atoms. The van der Waals surface area contributed by atoms with E-state index >= 15 is 0 Å². The molecule has 3 N–H and O–H groups in total. The molecule has 1 spiro atoms. The summed E-state index contributed by atoms with van der Waals surface area (Å²) >= 11 is 0. The molecule has 9 heteroatoms. The highest BCUT2D eigenvalue weighted by Gasteiger charge is 2.51. The van der Waals surface area contributed by atoms with Gasteiger partial charge in [-0.2, -0.15) is 13.2 Å². The largest absolute Gasteiger partial charge is 0.426 e. The van der Waals surface area contributed by atoms with E-state index in [1.54, 1.807) is 0 Å². The molecule has 2 aliphatic rings. The minimum Gasteiger partial charge on any atom is -0.426 e. The molecule has 0 bridgehead atoms. The third kappa shape index (κ3) is 5.41. The maximum absolute atomic E-state index is 13.2. The van der Waals surface area contributed by atoms with E-state index in [2.05, 4.69) is 5.32 Å². The van der Waals surface area contributed by atoms with Crippen LogP contribution in [0.2, 0.25) is 0 Å². The molecule has 0 saturated heterocycles. The molecular formula is C24H31F3N2O4. The lowest BCUT2D eigenvalue weighted by molar-refractivity contribution is -0.189. The zero-order valence-corrected chi connectivity index (χ0v) is 19.6. The number of esters is 1. The summed E-state index contributed by atoms with van der Waals surface area (Å²) in [6, 6.07) is 3.89. The third-order valence-corrected chi connectivity index (χ3v) is 6.16. The van der Waals surface area contributed by atoms with Gasteiger partial charge in [0.2, 0.25) is 0 Å². The Morgan fingerprint density at radius 2 is 1.70 bits per heavy atom. The molecule has 0 unspecified atom stereocenters. The van der Waals surface area contributed by atoms with Crippen molar-refractivity contribution in [2.75, 3.05) is 6.61 Å². The first-order valence-electron chi connectivity index (χ1n) is 11.0. The molecule has 1 saturated carbocycles. The van der Waals surface area contributed by atoms with E-state index in [-0.39, 0.29) is 42.9 Å². The van der Waals surface area contributed by atoms with Crippen molar-refractivity contribution < 1.29 is 32.2 Å². The molecule has 1 heterocycles. The second kappa shape index (κ2) is 8.76. The molecule has 1 aromatic carbocycles. The molecule has 1 aliphatic heterocycles. The second-order valence-corrected chi connectivity index (χ2v) is 9.75. The topological polar surface area (TPSA) is 90.7 Å². The van der Waals surface area contributed by atoms with Crippen LogP contribution in [0, 0.1) is 20.8 Å². The van der Waals surface area contributed by atoms with Crippen molar-refractivity contribution in [2.24, 2.45) is 5.73 Å². The second-order valence-electron chi connectivity index (χ2n) is 9.75. The van der Waals surface area contributed by atoms with Crippen LogP contribution in [0.25, 0.3) is 5.57 Å². The van der Waals surface area contributed by atoms with Crippen LogP contribution in [-0.2, 0) is 19.1 Å². The van der Waals surface area contributed by atoms with E-state index in [9.17, 15) is 22.8 Å². The first-order chi connectivity index (χ1) is 15.1. The highest BCUT2D eigenvalue weighted by Crippen LogP contribution is 2.45. The Balaban J connectivity index is 2.02. The SMILES string of the molecule is Cc1cc(C)c(C2=C(OC(=O)C(C)(C)N)C3(CCC(OCC(F)(F)F)CC3)NC2=O)c(C)c1. The van der Waals surface area contributed by atoms with Gasteiger partial charge in [0.05, 0.1) is 17.2 Å². The first-order valence-corrected chi connectivity index (χ1v) is 11.0. The van der Waals surface area contributed by atoms with Gasteiger partial charge in [-0.05, 0) is 77.0 Å². The maximum Gasteiger partial charge on any atom is 0.411 e. The summed E-state index contributed by atoms with van der Waals surface area (Å²) < 4.78 is 48.5. The highest BCUT2D eigenvalue weighted by atomic mass is 19.4. The van der Waals surface area contributed by atoms with E-state index in [0.29, 0.717) is 5.56 Å². The van der Waals surface area contributed by atoms with Crippen LogP contribution < -0.4 is 11.1 Å². The van der Waals surface area contributed by atoms with Gasteiger partial charge < -0.3 is 20.5 Å². The summed E-state index contributed by atoms with van der Waals surface area (Å²) in [5.41, 5.74) is 7.36. The number of hydrogen-bond donors (Lipinski definition) is 2. The van der Waals surface area contributed by atoms with Gasteiger partial charge in [-0.3, -0.25) is 4.79 Å². The number of alkyl halides is 3. The number of ether oxygens (including phenoxy) is 2. The van der Waals surface area contributed by atoms with Gasteiger partial charge in [0.15, 0.2) is 0 Å². The van der Waals surface area contributed by atoms with Crippen LogP contribution in [0.3, 0.4) is 0 Å². The van der Waals surface area contributed by atoms with E-state index in [1.807, 2.05) is 32.9 Å². The molecule has 3 rings (SSSR count). The number of benzene rings is 1. The van der Waals surface area contributed by atoms with Crippen LogP contribution in [-0.4, -0.2) is 41.8 Å². The number of nitrogens with one attached hydrogen (secondary N) is 1. The highest BCUT2D eigenvalue weighted by molar-refractivity contribution is 6.24. The number of rotatable bonds is 5. The molecule has 0 atom stereocenters. The van der Waals surface area contributed by atoms with Crippen LogP contribution in [0.15, 0.2) is 17.9 Å². The minimum atomic E-state index is -4.41. The Hall–Kier alpha value is -2.39. The Bertz CT molecular complexity index is 961. The van der Waals surface area contributed by atoms with Gasteiger partial charge in [0, 0.05) is 0 Å². The number of carbonyl (C=O) groups excluding carboxylic acids is 2. The predicted octanol–water partition coefficient (Wildman–Crippen LogP) is 3.99. The molecule has 0 aromatic heterocycles. The Morgan fingerprint density at radius 1 is 1.15 bits per heavy atom. The molecule has 1 aliphatic carbocycles. The van der Waals surface area contributed by atoms with Gasteiger partial charge in [0.1, 0.15) is 17.9 Å². The summed E-state index contributed by atoms with van der Waals surface area (Å²) in [5, 5.41) is 2.98. The van der Waals surface area contributed by atoms with Crippen molar-refractivity contribution >= 4 is 17.4 Å². The number of aryl methyl sites for hydroxylation is 3. The standard InChI is InChI=1S/C24H31F3N2O4/c1-13-10-14(2)17(15(3)11-13)18-19(33-21(31)22(4,5)28)23(29-20(18)30)8-6-16(7-9-23)32-12-24(25,26)27/h10-11,16H,6-9,12,28H2,1-5H3,(H,29,30). The number of amides is 1. The number of carbonyl (C=O) groups is 2.